The summed E-state index contributed by atoms with van der Waals surface area (Å²) < 4.78 is 3.47. The summed E-state index contributed by atoms with van der Waals surface area (Å²) in [4.78, 5) is 0. The van der Waals surface area contributed by atoms with E-state index in [0.29, 0.717) is 6.04 Å². The summed E-state index contributed by atoms with van der Waals surface area (Å²) in [5, 5.41) is 4.60. The molecule has 1 aliphatic carbocycles. The van der Waals surface area contributed by atoms with Gasteiger partial charge in [0.25, 0.3) is 0 Å². The van der Waals surface area contributed by atoms with Crippen LogP contribution in [0.1, 0.15) is 38.6 Å². The van der Waals surface area contributed by atoms with Gasteiger partial charge >= 0.3 is 0 Å². The van der Waals surface area contributed by atoms with Crippen LogP contribution in [-0.4, -0.2) is 9.78 Å². The van der Waals surface area contributed by atoms with E-state index in [-0.39, 0.29) is 0 Å². The average Bonchev–Trinajstić information content (AvgIpc) is 2.89. The van der Waals surface area contributed by atoms with Gasteiger partial charge in [-0.3, -0.25) is 4.68 Å². The van der Waals surface area contributed by atoms with Crippen molar-refractivity contribution in [1.29, 1.82) is 0 Å². The number of aromatic nitrogens is 2. The molecule has 19 heavy (non-hydrogen) atoms. The first-order valence-corrected chi connectivity index (χ1v) is 8.11. The first-order chi connectivity index (χ1) is 9.24. The van der Waals surface area contributed by atoms with Crippen LogP contribution in [0.2, 0.25) is 0 Å². The molecule has 3 rings (SSSR count). The van der Waals surface area contributed by atoms with Crippen molar-refractivity contribution in [3.05, 3.63) is 40.2 Å². The Hall–Kier alpha value is -0.840. The van der Waals surface area contributed by atoms with Crippen molar-refractivity contribution in [2.75, 3.05) is 0 Å². The molecular weight excluding hydrogens is 347 g/mol. The summed E-state index contributed by atoms with van der Waals surface area (Å²) in [5.41, 5.74) is 2.53. The molecule has 0 aliphatic heterocycles. The van der Waals surface area contributed by atoms with Gasteiger partial charge < -0.3 is 0 Å². The molecule has 3 heteroatoms. The van der Waals surface area contributed by atoms with Crippen LogP contribution in [-0.2, 0) is 0 Å². The second-order valence-corrected chi connectivity index (χ2v) is 6.76. The zero-order valence-corrected chi connectivity index (χ0v) is 13.4. The predicted octanol–water partition coefficient (Wildman–Crippen LogP) is 4.91. The maximum Gasteiger partial charge on any atom is 0.0568 e. The molecule has 1 aromatic carbocycles. The molecule has 100 valence electrons. The lowest BCUT2D eigenvalue weighted by Gasteiger charge is -2.26. The molecule has 1 heterocycles. The molecule has 0 spiro atoms. The lowest BCUT2D eigenvalue weighted by atomic mass is 9.87. The molecule has 1 saturated carbocycles. The van der Waals surface area contributed by atoms with Crippen LogP contribution >= 0.6 is 22.6 Å². The third-order valence-corrected chi connectivity index (χ3v) is 5.09. The van der Waals surface area contributed by atoms with E-state index in [1.165, 1.54) is 40.4 Å². The smallest absolute Gasteiger partial charge is 0.0568 e. The molecule has 0 unspecified atom stereocenters. The lowest BCUT2D eigenvalue weighted by Crippen LogP contribution is -2.16. The minimum atomic E-state index is 0.603. The van der Waals surface area contributed by atoms with Gasteiger partial charge in [0.1, 0.15) is 0 Å². The number of benzene rings is 1. The fourth-order valence-electron chi connectivity index (χ4n) is 2.88. The van der Waals surface area contributed by atoms with Crippen molar-refractivity contribution in [1.82, 2.24) is 9.78 Å². The summed E-state index contributed by atoms with van der Waals surface area (Å²) in [6.07, 6.45) is 9.45. The van der Waals surface area contributed by atoms with E-state index in [1.54, 1.807) is 0 Å². The molecule has 0 bridgehead atoms. The summed E-state index contributed by atoms with van der Waals surface area (Å²) in [6, 6.07) is 9.10. The van der Waals surface area contributed by atoms with Gasteiger partial charge in [0.05, 0.1) is 12.2 Å². The zero-order chi connectivity index (χ0) is 13.2. The van der Waals surface area contributed by atoms with E-state index in [4.69, 9.17) is 0 Å². The summed E-state index contributed by atoms with van der Waals surface area (Å²) in [5.74, 6) is 0.890. The Labute approximate surface area is 128 Å². The molecular formula is C16H19IN2. The molecule has 2 aromatic rings. The van der Waals surface area contributed by atoms with E-state index in [1.807, 2.05) is 6.20 Å². The molecule has 1 fully saturated rings. The van der Waals surface area contributed by atoms with Gasteiger partial charge in [0.15, 0.2) is 0 Å². The van der Waals surface area contributed by atoms with Crippen LogP contribution in [0.4, 0.5) is 0 Å². The van der Waals surface area contributed by atoms with Crippen molar-refractivity contribution in [3.8, 4) is 11.1 Å². The maximum atomic E-state index is 4.60. The second kappa shape index (κ2) is 5.65. The summed E-state index contributed by atoms with van der Waals surface area (Å²) in [6.45, 7) is 2.36. The van der Waals surface area contributed by atoms with Gasteiger partial charge in [-0.15, -0.1) is 0 Å². The first-order valence-electron chi connectivity index (χ1n) is 7.03. The highest BCUT2D eigenvalue weighted by Crippen LogP contribution is 2.33. The summed E-state index contributed by atoms with van der Waals surface area (Å²) >= 11 is 2.39. The standard InChI is InChI=1S/C16H19IN2/c1-12-6-8-14(9-7-12)19-11-13(10-18-19)15-4-2-3-5-16(15)17/h2-5,10-12,14H,6-9H2,1H3. The molecule has 0 saturated heterocycles. The number of hydrogen-bond donors (Lipinski definition) is 0. The molecule has 1 aromatic heterocycles. The van der Waals surface area contributed by atoms with Gasteiger partial charge in [-0.2, -0.15) is 5.10 Å². The number of rotatable bonds is 2. The Bertz CT molecular complexity index is 553. The normalized spacial score (nSPS) is 23.5. The summed E-state index contributed by atoms with van der Waals surface area (Å²) in [7, 11) is 0. The van der Waals surface area contributed by atoms with Crippen LogP contribution in [0.15, 0.2) is 36.7 Å². The molecule has 0 amide bonds. The van der Waals surface area contributed by atoms with E-state index in [2.05, 4.69) is 69.8 Å². The average molecular weight is 366 g/mol. The monoisotopic (exact) mass is 366 g/mol. The van der Waals surface area contributed by atoms with Gasteiger partial charge in [0, 0.05) is 15.3 Å². The molecule has 1 aliphatic rings. The predicted molar refractivity (Wildman–Crippen MR) is 87.0 cm³/mol. The molecule has 0 radical (unpaired) electrons. The van der Waals surface area contributed by atoms with Gasteiger partial charge in [0.2, 0.25) is 0 Å². The van der Waals surface area contributed by atoms with Gasteiger partial charge in [-0.1, -0.05) is 25.1 Å². The van der Waals surface area contributed by atoms with E-state index < -0.39 is 0 Å². The Kier molecular flexibility index (Phi) is 3.91. The third kappa shape index (κ3) is 2.86. The topological polar surface area (TPSA) is 17.8 Å². The quantitative estimate of drug-likeness (QED) is 0.691. The van der Waals surface area contributed by atoms with Gasteiger partial charge in [-0.25, -0.2) is 0 Å². The molecule has 0 atom stereocenters. The first kappa shape index (κ1) is 13.2. The van der Waals surface area contributed by atoms with Crippen LogP contribution in [0.25, 0.3) is 11.1 Å². The van der Waals surface area contributed by atoms with Crippen LogP contribution < -0.4 is 0 Å². The molecule has 2 nitrogen and oxygen atoms in total. The molecule has 0 N–H and O–H groups in total. The number of nitrogens with zero attached hydrogens (tertiary/aromatic N) is 2. The van der Waals surface area contributed by atoms with Crippen LogP contribution in [0, 0.1) is 9.49 Å². The highest BCUT2D eigenvalue weighted by molar-refractivity contribution is 14.1. The van der Waals surface area contributed by atoms with E-state index >= 15 is 0 Å². The largest absolute Gasteiger partial charge is 0.269 e. The highest BCUT2D eigenvalue weighted by Gasteiger charge is 2.20. The van der Waals surface area contributed by atoms with Crippen molar-refractivity contribution in [2.45, 2.75) is 38.6 Å². The number of halogens is 1. The van der Waals surface area contributed by atoms with Crippen molar-refractivity contribution in [2.24, 2.45) is 5.92 Å². The highest BCUT2D eigenvalue weighted by atomic mass is 127. The Morgan fingerprint density at radius 3 is 2.63 bits per heavy atom. The Balaban J connectivity index is 1.82. The second-order valence-electron chi connectivity index (χ2n) is 5.60. The van der Waals surface area contributed by atoms with Crippen LogP contribution in [0.3, 0.4) is 0 Å². The minimum absolute atomic E-state index is 0.603. The van der Waals surface area contributed by atoms with E-state index in [0.717, 1.165) is 5.92 Å². The van der Waals surface area contributed by atoms with E-state index in [9.17, 15) is 0 Å². The van der Waals surface area contributed by atoms with Crippen molar-refractivity contribution < 1.29 is 0 Å². The Morgan fingerprint density at radius 1 is 1.16 bits per heavy atom. The SMILES string of the molecule is CC1CCC(n2cc(-c3ccccc3I)cn2)CC1. The lowest BCUT2D eigenvalue weighted by molar-refractivity contribution is 0.274. The van der Waals surface area contributed by atoms with Crippen molar-refractivity contribution >= 4 is 22.6 Å². The van der Waals surface area contributed by atoms with Crippen molar-refractivity contribution in [3.63, 3.8) is 0 Å². The maximum absolute atomic E-state index is 4.60. The fraction of sp³-hybridized carbons (Fsp3) is 0.438. The van der Waals surface area contributed by atoms with Crippen LogP contribution in [0.5, 0.6) is 0 Å². The zero-order valence-electron chi connectivity index (χ0n) is 11.2. The Morgan fingerprint density at radius 2 is 1.89 bits per heavy atom. The van der Waals surface area contributed by atoms with Gasteiger partial charge in [-0.05, 0) is 65.8 Å². The fourth-order valence-corrected chi connectivity index (χ4v) is 3.58. The third-order valence-electron chi connectivity index (χ3n) is 4.15. The number of hydrogen-bond acceptors (Lipinski definition) is 1. The minimum Gasteiger partial charge on any atom is -0.269 e.